The lowest BCUT2D eigenvalue weighted by molar-refractivity contribution is -0.136. The maximum absolute atomic E-state index is 13.3. The van der Waals surface area contributed by atoms with Gasteiger partial charge in [0, 0.05) is 17.3 Å². The number of aryl methyl sites for hydroxylation is 1. The van der Waals surface area contributed by atoms with E-state index in [4.69, 9.17) is 16.3 Å². The summed E-state index contributed by atoms with van der Waals surface area (Å²) in [5.41, 5.74) is 3.99. The number of halogens is 1. The molecular formula is C26H23ClN2O3. The van der Waals surface area contributed by atoms with Crippen LogP contribution in [0.15, 0.2) is 78.5 Å². The molecule has 1 N–H and O–H groups in total. The van der Waals surface area contributed by atoms with Crippen molar-refractivity contribution in [3.8, 4) is 5.75 Å². The predicted molar refractivity (Wildman–Crippen MR) is 127 cm³/mol. The highest BCUT2D eigenvalue weighted by Crippen LogP contribution is 2.32. The van der Waals surface area contributed by atoms with E-state index >= 15 is 0 Å². The van der Waals surface area contributed by atoms with Crippen molar-refractivity contribution < 1.29 is 14.3 Å². The number of amides is 2. The lowest BCUT2D eigenvalue weighted by atomic mass is 10.0. The number of carbonyl (C=O) groups excluding carboxylic acids is 2. The summed E-state index contributed by atoms with van der Waals surface area (Å²) >= 11 is 6.07. The number of hydrogen-bond donors (Lipinski definition) is 1. The second kappa shape index (κ2) is 9.28. The number of ether oxygens (including phenoxy) is 1. The average Bonchev–Trinajstić information content (AvgIpc) is 3.04. The van der Waals surface area contributed by atoms with E-state index in [1.807, 2.05) is 73.7 Å². The Labute approximate surface area is 192 Å². The third-order valence-electron chi connectivity index (χ3n) is 5.46. The van der Waals surface area contributed by atoms with Crippen LogP contribution in [0.5, 0.6) is 5.75 Å². The molecule has 0 aliphatic carbocycles. The molecule has 2 amide bonds. The fourth-order valence-electron chi connectivity index (χ4n) is 3.70. The number of carbonyl (C=O) groups is 2. The van der Waals surface area contributed by atoms with Gasteiger partial charge in [0.25, 0.3) is 11.8 Å². The monoisotopic (exact) mass is 446 g/mol. The van der Waals surface area contributed by atoms with Crippen molar-refractivity contribution in [3.05, 3.63) is 100 Å². The first-order chi connectivity index (χ1) is 15.5. The molecule has 4 rings (SSSR count). The molecule has 3 aromatic carbocycles. The second-order valence-corrected chi connectivity index (χ2v) is 8.00. The number of hydrogen-bond acceptors (Lipinski definition) is 4. The molecule has 0 atom stereocenters. The first-order valence-electron chi connectivity index (χ1n) is 10.3. The Kier molecular flexibility index (Phi) is 6.28. The third kappa shape index (κ3) is 4.39. The zero-order valence-corrected chi connectivity index (χ0v) is 18.6. The number of methoxy groups -OCH3 is 1. The Bertz CT molecular complexity index is 1190. The van der Waals surface area contributed by atoms with Gasteiger partial charge in [-0.25, -0.2) is 0 Å². The second-order valence-electron chi connectivity index (χ2n) is 7.56. The fourth-order valence-corrected chi connectivity index (χ4v) is 3.93. The van der Waals surface area contributed by atoms with Crippen LogP contribution in [0.4, 0.5) is 5.69 Å². The van der Waals surface area contributed by atoms with E-state index in [1.165, 1.54) is 4.90 Å². The molecule has 0 fully saturated rings. The summed E-state index contributed by atoms with van der Waals surface area (Å²) in [5.74, 6) is 0.125. The number of benzene rings is 3. The van der Waals surface area contributed by atoms with Crippen LogP contribution in [-0.4, -0.2) is 30.4 Å². The molecule has 0 bridgehead atoms. The smallest absolute Gasteiger partial charge is 0.278 e. The minimum absolute atomic E-state index is 0.279. The van der Waals surface area contributed by atoms with Crippen LogP contribution in [0, 0.1) is 6.92 Å². The van der Waals surface area contributed by atoms with Gasteiger partial charge in [-0.2, -0.15) is 0 Å². The van der Waals surface area contributed by atoms with Crippen LogP contribution in [0.1, 0.15) is 16.7 Å². The van der Waals surface area contributed by atoms with E-state index in [2.05, 4.69) is 5.32 Å². The van der Waals surface area contributed by atoms with Gasteiger partial charge in [0.05, 0.1) is 12.7 Å². The Morgan fingerprint density at radius 2 is 1.66 bits per heavy atom. The molecule has 1 heterocycles. The van der Waals surface area contributed by atoms with Crippen LogP contribution in [0.3, 0.4) is 0 Å². The molecule has 32 heavy (non-hydrogen) atoms. The zero-order valence-electron chi connectivity index (χ0n) is 17.9. The molecule has 0 unspecified atom stereocenters. The van der Waals surface area contributed by atoms with Crippen molar-refractivity contribution in [2.45, 2.75) is 13.3 Å². The summed E-state index contributed by atoms with van der Waals surface area (Å²) in [6.45, 7) is 2.19. The first-order valence-corrected chi connectivity index (χ1v) is 10.7. The SMILES string of the molecule is COc1ccc(CCN2C(=O)C(Nc3ccc(Cl)cc3C)=C(c3ccccc3)C2=O)cc1. The predicted octanol–water partition coefficient (Wildman–Crippen LogP) is 5.09. The maximum Gasteiger partial charge on any atom is 0.278 e. The molecule has 1 aliphatic heterocycles. The van der Waals surface area contributed by atoms with Crippen LogP contribution < -0.4 is 10.1 Å². The van der Waals surface area contributed by atoms with Crippen molar-refractivity contribution in [2.75, 3.05) is 19.0 Å². The van der Waals surface area contributed by atoms with Crippen LogP contribution in [0.2, 0.25) is 5.02 Å². The molecule has 6 heteroatoms. The molecule has 3 aromatic rings. The van der Waals surface area contributed by atoms with Gasteiger partial charge in [-0.1, -0.05) is 54.1 Å². The summed E-state index contributed by atoms with van der Waals surface area (Å²) in [6.07, 6.45) is 0.552. The zero-order chi connectivity index (χ0) is 22.7. The molecule has 0 saturated heterocycles. The van der Waals surface area contributed by atoms with E-state index in [-0.39, 0.29) is 24.1 Å². The maximum atomic E-state index is 13.3. The van der Waals surface area contributed by atoms with E-state index < -0.39 is 0 Å². The topological polar surface area (TPSA) is 58.6 Å². The van der Waals surface area contributed by atoms with Crippen molar-refractivity contribution in [2.24, 2.45) is 0 Å². The van der Waals surface area contributed by atoms with E-state index in [1.54, 1.807) is 13.2 Å². The first kappa shape index (κ1) is 21.7. The Morgan fingerprint density at radius 3 is 2.31 bits per heavy atom. The Hall–Kier alpha value is -3.57. The Balaban J connectivity index is 1.63. The summed E-state index contributed by atoms with van der Waals surface area (Å²) in [4.78, 5) is 28.0. The molecule has 1 aliphatic rings. The van der Waals surface area contributed by atoms with Crippen LogP contribution >= 0.6 is 11.6 Å². The number of imide groups is 1. The van der Waals surface area contributed by atoms with Gasteiger partial charge >= 0.3 is 0 Å². The number of anilines is 1. The molecule has 162 valence electrons. The highest BCUT2D eigenvalue weighted by molar-refractivity contribution is 6.36. The Morgan fingerprint density at radius 1 is 0.938 bits per heavy atom. The summed E-state index contributed by atoms with van der Waals surface area (Å²) < 4.78 is 5.19. The highest BCUT2D eigenvalue weighted by atomic mass is 35.5. The van der Waals surface area contributed by atoms with Gasteiger partial charge in [-0.3, -0.25) is 14.5 Å². The van der Waals surface area contributed by atoms with E-state index in [0.29, 0.717) is 22.6 Å². The van der Waals surface area contributed by atoms with Gasteiger partial charge in [0.15, 0.2) is 0 Å². The molecule has 0 radical (unpaired) electrons. The lowest BCUT2D eigenvalue weighted by Gasteiger charge is -2.16. The van der Waals surface area contributed by atoms with Crippen LogP contribution in [-0.2, 0) is 16.0 Å². The molecule has 0 spiro atoms. The van der Waals surface area contributed by atoms with Gasteiger partial charge in [-0.15, -0.1) is 0 Å². The summed E-state index contributed by atoms with van der Waals surface area (Å²) in [5, 5.41) is 3.81. The molecule has 0 aromatic heterocycles. The van der Waals surface area contributed by atoms with Gasteiger partial charge in [0.1, 0.15) is 11.4 Å². The van der Waals surface area contributed by atoms with E-state index in [9.17, 15) is 9.59 Å². The highest BCUT2D eigenvalue weighted by Gasteiger charge is 2.39. The standard InChI is InChI=1S/C26H23ClN2O3/c1-17-16-20(27)10-13-22(17)28-24-23(19-6-4-3-5-7-19)25(30)29(26(24)31)15-14-18-8-11-21(32-2)12-9-18/h3-13,16,28H,14-15H2,1-2H3. The summed E-state index contributed by atoms with van der Waals surface area (Å²) in [7, 11) is 1.62. The number of rotatable bonds is 7. The molecule has 0 saturated carbocycles. The quantitative estimate of drug-likeness (QED) is 0.513. The average molecular weight is 447 g/mol. The summed E-state index contributed by atoms with van der Waals surface area (Å²) in [6, 6.07) is 22.2. The third-order valence-corrected chi connectivity index (χ3v) is 5.70. The normalized spacial score (nSPS) is 13.7. The fraction of sp³-hybridized carbons (Fsp3) is 0.154. The van der Waals surface area contributed by atoms with Crippen molar-refractivity contribution in [3.63, 3.8) is 0 Å². The van der Waals surface area contributed by atoms with Gasteiger partial charge < -0.3 is 10.1 Å². The minimum atomic E-state index is -0.336. The molecule has 5 nitrogen and oxygen atoms in total. The van der Waals surface area contributed by atoms with E-state index in [0.717, 1.165) is 22.6 Å². The van der Waals surface area contributed by atoms with Gasteiger partial charge in [-0.05, 0) is 60.4 Å². The van der Waals surface area contributed by atoms with Crippen LogP contribution in [0.25, 0.3) is 5.57 Å². The lowest BCUT2D eigenvalue weighted by Crippen LogP contribution is -2.34. The largest absolute Gasteiger partial charge is 0.497 e. The van der Waals surface area contributed by atoms with Crippen molar-refractivity contribution in [1.82, 2.24) is 4.90 Å². The number of nitrogens with zero attached hydrogens (tertiary/aromatic N) is 1. The molecular weight excluding hydrogens is 424 g/mol. The van der Waals surface area contributed by atoms with Crippen molar-refractivity contribution in [1.29, 1.82) is 0 Å². The minimum Gasteiger partial charge on any atom is -0.497 e. The van der Waals surface area contributed by atoms with Crippen molar-refractivity contribution >= 4 is 34.7 Å². The number of nitrogens with one attached hydrogen (secondary N) is 1. The van der Waals surface area contributed by atoms with Gasteiger partial charge in [0.2, 0.25) is 0 Å².